The molecule has 0 bridgehead atoms. The molecule has 0 radical (unpaired) electrons. The van der Waals surface area contributed by atoms with Gasteiger partial charge in [-0.15, -0.1) is 0 Å². The van der Waals surface area contributed by atoms with E-state index >= 15 is 0 Å². The lowest BCUT2D eigenvalue weighted by Gasteiger charge is -2.11. The number of hydrogen-bond acceptors (Lipinski definition) is 5. The molecule has 3 aromatic rings. The van der Waals surface area contributed by atoms with Crippen LogP contribution in [0.25, 0.3) is 10.9 Å². The van der Waals surface area contributed by atoms with Crippen LogP contribution in [0.3, 0.4) is 0 Å². The first-order chi connectivity index (χ1) is 15.5. The van der Waals surface area contributed by atoms with Crippen molar-refractivity contribution < 1.29 is 18.0 Å². The summed E-state index contributed by atoms with van der Waals surface area (Å²) in [6.45, 7) is 0. The number of fused-ring (bicyclic) bond motifs is 1. The maximum Gasteiger partial charge on any atom is 0.416 e. The number of amides is 1. The summed E-state index contributed by atoms with van der Waals surface area (Å²) in [6, 6.07) is 9.34. The summed E-state index contributed by atoms with van der Waals surface area (Å²) in [4.78, 5) is 37.1. The van der Waals surface area contributed by atoms with Gasteiger partial charge in [0.1, 0.15) is 5.84 Å². The minimum absolute atomic E-state index is 0.164. The number of anilines is 1. The second-order valence-electron chi connectivity index (χ2n) is 7.21. The molecular formula is C22H20F3N5O3. The molecule has 0 aliphatic heterocycles. The van der Waals surface area contributed by atoms with E-state index in [9.17, 15) is 27.6 Å². The van der Waals surface area contributed by atoms with Gasteiger partial charge in [-0.2, -0.15) is 13.2 Å². The van der Waals surface area contributed by atoms with Crippen LogP contribution in [-0.4, -0.2) is 20.9 Å². The van der Waals surface area contributed by atoms with E-state index in [0.717, 1.165) is 16.7 Å². The second-order valence-corrected chi connectivity index (χ2v) is 7.21. The number of amidine groups is 1. The number of nitrogens with zero attached hydrogens (tertiary/aromatic N) is 2. The fourth-order valence-electron chi connectivity index (χ4n) is 3.26. The summed E-state index contributed by atoms with van der Waals surface area (Å²) in [7, 11) is 2.87. The number of carbonyl (C=O) groups excluding carboxylic acids is 1. The molecule has 2 aromatic carbocycles. The van der Waals surface area contributed by atoms with Crippen molar-refractivity contribution in [3.05, 3.63) is 86.7 Å². The lowest BCUT2D eigenvalue weighted by molar-refractivity contribution is -0.137. The molecule has 0 atom stereocenters. The van der Waals surface area contributed by atoms with Gasteiger partial charge in [0.15, 0.2) is 0 Å². The highest BCUT2D eigenvalue weighted by atomic mass is 19.4. The zero-order valence-electron chi connectivity index (χ0n) is 17.7. The number of carbonyl (C=O) groups is 1. The maximum atomic E-state index is 12.8. The number of rotatable bonds is 5. The van der Waals surface area contributed by atoms with Crippen LogP contribution in [0.1, 0.15) is 11.1 Å². The third kappa shape index (κ3) is 5.20. The first-order valence-electron chi connectivity index (χ1n) is 9.65. The maximum absolute atomic E-state index is 12.8. The normalized spacial score (nSPS) is 11.7. The van der Waals surface area contributed by atoms with Gasteiger partial charge in [-0.3, -0.25) is 24.1 Å². The van der Waals surface area contributed by atoms with Crippen molar-refractivity contribution in [2.45, 2.75) is 12.6 Å². The molecule has 1 aromatic heterocycles. The fourth-order valence-corrected chi connectivity index (χ4v) is 3.26. The molecule has 0 saturated heterocycles. The molecule has 0 spiro atoms. The second kappa shape index (κ2) is 9.15. The van der Waals surface area contributed by atoms with Crippen LogP contribution in [0.2, 0.25) is 0 Å². The Morgan fingerprint density at radius 2 is 1.79 bits per heavy atom. The molecule has 1 amide bonds. The number of halogens is 3. The van der Waals surface area contributed by atoms with Crippen LogP contribution >= 0.6 is 0 Å². The number of aromatic nitrogens is 2. The molecule has 33 heavy (non-hydrogen) atoms. The molecule has 172 valence electrons. The third-order valence-corrected chi connectivity index (χ3v) is 4.90. The van der Waals surface area contributed by atoms with E-state index in [2.05, 4.69) is 10.6 Å². The van der Waals surface area contributed by atoms with E-state index in [0.29, 0.717) is 11.1 Å². The molecule has 0 fully saturated rings. The number of nitrogens with one attached hydrogen (secondary N) is 3. The first kappa shape index (κ1) is 23.5. The Hall–Kier alpha value is -4.15. The van der Waals surface area contributed by atoms with Crippen LogP contribution in [0.5, 0.6) is 0 Å². The Kier molecular flexibility index (Phi) is 6.52. The van der Waals surface area contributed by atoms with Gasteiger partial charge in [0.25, 0.3) is 5.56 Å². The Labute approximate surface area is 185 Å². The summed E-state index contributed by atoms with van der Waals surface area (Å²) in [6.07, 6.45) is -2.30. The summed E-state index contributed by atoms with van der Waals surface area (Å²) in [5.74, 6) is -0.882. The van der Waals surface area contributed by atoms with Gasteiger partial charge >= 0.3 is 11.9 Å². The first-order valence-corrected chi connectivity index (χ1v) is 9.65. The summed E-state index contributed by atoms with van der Waals surface area (Å²) >= 11 is 0. The van der Waals surface area contributed by atoms with Crippen LogP contribution in [0, 0.1) is 5.41 Å². The average Bonchev–Trinajstić information content (AvgIpc) is 2.75. The van der Waals surface area contributed by atoms with Crippen molar-refractivity contribution in [3.63, 3.8) is 0 Å². The topological polar surface area (TPSA) is 109 Å². The van der Waals surface area contributed by atoms with E-state index in [1.807, 2.05) is 0 Å². The van der Waals surface area contributed by atoms with E-state index in [1.165, 1.54) is 43.1 Å². The Balaban J connectivity index is 1.69. The van der Waals surface area contributed by atoms with Gasteiger partial charge in [-0.05, 0) is 35.9 Å². The molecule has 0 aliphatic rings. The smallest absolute Gasteiger partial charge is 0.362 e. The van der Waals surface area contributed by atoms with Crippen LogP contribution in [0.15, 0.2) is 64.3 Å². The standard InChI is InChI=1S/C22H20F3N5O3/c1-29-16-8-3-5-13(19(16)20(32)30(2)21(29)33)11-18(31)28-17(26)9-10-27-15-7-4-6-14(12-15)22(23,24)25/h3-10,12,27H,11H2,1-2H3,(H2,26,28,31)/b10-9-. The Bertz CT molecular complexity index is 1390. The largest absolute Gasteiger partial charge is 0.416 e. The van der Waals surface area contributed by atoms with Gasteiger partial charge in [-0.1, -0.05) is 18.2 Å². The lowest BCUT2D eigenvalue weighted by Crippen LogP contribution is -2.37. The van der Waals surface area contributed by atoms with Crippen molar-refractivity contribution in [3.8, 4) is 0 Å². The fraction of sp³-hybridized carbons (Fsp3) is 0.182. The highest BCUT2D eigenvalue weighted by Crippen LogP contribution is 2.30. The van der Waals surface area contributed by atoms with Crippen LogP contribution in [-0.2, 0) is 31.5 Å². The van der Waals surface area contributed by atoms with Crippen LogP contribution < -0.4 is 21.9 Å². The van der Waals surface area contributed by atoms with E-state index in [-0.39, 0.29) is 23.3 Å². The zero-order valence-corrected chi connectivity index (χ0v) is 17.7. The summed E-state index contributed by atoms with van der Waals surface area (Å²) < 4.78 is 40.5. The summed E-state index contributed by atoms with van der Waals surface area (Å²) in [5.41, 5.74) is -0.903. The SMILES string of the molecule is Cn1c(=O)c2c(CC(=O)NC(=N)/C=C\Nc3cccc(C(F)(F)F)c3)cccc2n(C)c1=O. The highest BCUT2D eigenvalue weighted by Gasteiger charge is 2.30. The molecule has 0 saturated carbocycles. The van der Waals surface area contributed by atoms with Gasteiger partial charge < -0.3 is 10.6 Å². The molecule has 8 nitrogen and oxygen atoms in total. The van der Waals surface area contributed by atoms with Crippen molar-refractivity contribution >= 4 is 28.3 Å². The predicted octanol–water partition coefficient (Wildman–Crippen LogP) is 2.52. The van der Waals surface area contributed by atoms with E-state index < -0.39 is 28.9 Å². The van der Waals surface area contributed by atoms with Crippen LogP contribution in [0.4, 0.5) is 18.9 Å². The highest BCUT2D eigenvalue weighted by molar-refractivity contribution is 6.03. The zero-order chi connectivity index (χ0) is 24.3. The van der Waals surface area contributed by atoms with Gasteiger partial charge in [0.05, 0.1) is 22.9 Å². The summed E-state index contributed by atoms with van der Waals surface area (Å²) in [5, 5.41) is 13.0. The molecule has 0 unspecified atom stereocenters. The van der Waals surface area contributed by atoms with Gasteiger partial charge in [0.2, 0.25) is 5.91 Å². The van der Waals surface area contributed by atoms with E-state index in [1.54, 1.807) is 18.2 Å². The van der Waals surface area contributed by atoms with E-state index in [4.69, 9.17) is 5.41 Å². The minimum Gasteiger partial charge on any atom is -0.362 e. The van der Waals surface area contributed by atoms with Gasteiger partial charge in [-0.25, -0.2) is 4.79 Å². The average molecular weight is 459 g/mol. The molecule has 1 heterocycles. The quantitative estimate of drug-likeness (QED) is 0.402. The minimum atomic E-state index is -4.48. The third-order valence-electron chi connectivity index (χ3n) is 4.90. The van der Waals surface area contributed by atoms with Gasteiger partial charge in [0, 0.05) is 26.0 Å². The Morgan fingerprint density at radius 1 is 1.09 bits per heavy atom. The number of aryl methyl sites for hydroxylation is 1. The monoisotopic (exact) mass is 459 g/mol. The molecular weight excluding hydrogens is 439 g/mol. The Morgan fingerprint density at radius 3 is 2.48 bits per heavy atom. The van der Waals surface area contributed by atoms with Crippen molar-refractivity contribution in [2.24, 2.45) is 14.1 Å². The van der Waals surface area contributed by atoms with Crippen molar-refractivity contribution in [1.29, 1.82) is 5.41 Å². The predicted molar refractivity (Wildman–Crippen MR) is 118 cm³/mol. The van der Waals surface area contributed by atoms with Crippen molar-refractivity contribution in [1.82, 2.24) is 14.5 Å². The van der Waals surface area contributed by atoms with Crippen molar-refractivity contribution in [2.75, 3.05) is 5.32 Å². The number of hydrogen-bond donors (Lipinski definition) is 3. The molecule has 3 rings (SSSR count). The lowest BCUT2D eigenvalue weighted by atomic mass is 10.1. The molecule has 3 N–H and O–H groups in total. The number of alkyl halides is 3. The number of benzene rings is 2. The molecule has 11 heteroatoms. The molecule has 0 aliphatic carbocycles.